The van der Waals surface area contributed by atoms with Gasteiger partial charge in [-0.1, -0.05) is 37.6 Å². The Bertz CT molecular complexity index is 976. The number of amides is 4. The summed E-state index contributed by atoms with van der Waals surface area (Å²) >= 11 is 0. The van der Waals surface area contributed by atoms with E-state index in [-0.39, 0.29) is 12.1 Å². The Morgan fingerprint density at radius 1 is 1.17 bits per heavy atom. The normalized spacial score (nSPS) is 18.7. The zero-order valence-electron chi connectivity index (χ0n) is 16.0. The van der Waals surface area contributed by atoms with Crippen molar-refractivity contribution in [2.45, 2.75) is 31.5 Å². The van der Waals surface area contributed by atoms with Gasteiger partial charge in [0, 0.05) is 17.3 Å². The SMILES string of the molecule is CCC[C@]1(CNC(=O)c2ccccc2-c2ccc(C(F)(F)F)nc2)NC(=O)NC1=O. The van der Waals surface area contributed by atoms with Crippen LogP contribution >= 0.6 is 0 Å². The van der Waals surface area contributed by atoms with Crippen LogP contribution in [-0.4, -0.2) is 34.9 Å². The summed E-state index contributed by atoms with van der Waals surface area (Å²) in [7, 11) is 0. The second-order valence-electron chi connectivity index (χ2n) is 6.90. The van der Waals surface area contributed by atoms with Crippen LogP contribution in [0.4, 0.5) is 18.0 Å². The second kappa shape index (κ2) is 8.13. The Hall–Kier alpha value is -3.43. The van der Waals surface area contributed by atoms with Crippen molar-refractivity contribution in [3.05, 3.63) is 53.9 Å². The summed E-state index contributed by atoms with van der Waals surface area (Å²) in [4.78, 5) is 40.0. The Kier molecular flexibility index (Phi) is 5.77. The van der Waals surface area contributed by atoms with E-state index in [1.54, 1.807) is 18.2 Å². The van der Waals surface area contributed by atoms with Gasteiger partial charge in [-0.3, -0.25) is 19.9 Å². The van der Waals surface area contributed by atoms with Crippen LogP contribution in [0, 0.1) is 0 Å². The monoisotopic (exact) mass is 420 g/mol. The van der Waals surface area contributed by atoms with E-state index in [0.29, 0.717) is 24.0 Å². The van der Waals surface area contributed by atoms with E-state index in [0.717, 1.165) is 12.3 Å². The molecular weight excluding hydrogens is 401 g/mol. The number of nitrogens with one attached hydrogen (secondary N) is 3. The van der Waals surface area contributed by atoms with Gasteiger partial charge in [-0.2, -0.15) is 13.2 Å². The molecule has 1 aromatic carbocycles. The zero-order valence-corrected chi connectivity index (χ0v) is 16.0. The van der Waals surface area contributed by atoms with Crippen LogP contribution in [0.25, 0.3) is 11.1 Å². The number of alkyl halides is 3. The molecule has 1 aromatic heterocycles. The molecule has 7 nitrogen and oxygen atoms in total. The molecule has 2 heterocycles. The van der Waals surface area contributed by atoms with E-state index >= 15 is 0 Å². The summed E-state index contributed by atoms with van der Waals surface area (Å²) in [5, 5.41) is 7.38. The van der Waals surface area contributed by atoms with Crippen molar-refractivity contribution in [3.63, 3.8) is 0 Å². The number of hydrogen-bond acceptors (Lipinski definition) is 4. The standard InChI is InChI=1S/C20H19F3N4O3/c1-2-9-19(17(29)26-18(30)27-19)11-25-16(28)14-6-4-3-5-13(14)12-7-8-15(24-10-12)20(21,22)23/h3-8,10H,2,9,11H2,1H3,(H,25,28)(H2,26,27,29,30)/t19-/m1/s1. The van der Waals surface area contributed by atoms with Gasteiger partial charge in [-0.15, -0.1) is 0 Å². The molecule has 2 aromatic rings. The maximum absolute atomic E-state index is 12.8. The van der Waals surface area contributed by atoms with Gasteiger partial charge >= 0.3 is 12.2 Å². The average molecular weight is 420 g/mol. The number of nitrogens with zero attached hydrogens (tertiary/aromatic N) is 1. The van der Waals surface area contributed by atoms with Crippen molar-refractivity contribution >= 4 is 17.8 Å². The van der Waals surface area contributed by atoms with Gasteiger partial charge in [0.15, 0.2) is 0 Å². The van der Waals surface area contributed by atoms with Gasteiger partial charge < -0.3 is 10.6 Å². The summed E-state index contributed by atoms with van der Waals surface area (Å²) in [6.07, 6.45) is -2.58. The largest absolute Gasteiger partial charge is 0.433 e. The van der Waals surface area contributed by atoms with Crippen LogP contribution < -0.4 is 16.0 Å². The van der Waals surface area contributed by atoms with Gasteiger partial charge in [0.05, 0.1) is 6.54 Å². The Morgan fingerprint density at radius 3 is 2.47 bits per heavy atom. The Morgan fingerprint density at radius 2 is 1.90 bits per heavy atom. The molecule has 0 aliphatic carbocycles. The van der Waals surface area contributed by atoms with E-state index in [4.69, 9.17) is 0 Å². The number of hydrogen-bond donors (Lipinski definition) is 3. The van der Waals surface area contributed by atoms with Crippen molar-refractivity contribution in [1.29, 1.82) is 0 Å². The molecule has 1 atom stereocenters. The molecular formula is C20H19F3N4O3. The minimum Gasteiger partial charge on any atom is -0.349 e. The van der Waals surface area contributed by atoms with Crippen LogP contribution in [-0.2, 0) is 11.0 Å². The molecule has 10 heteroatoms. The van der Waals surface area contributed by atoms with Crippen LogP contribution in [0.1, 0.15) is 35.8 Å². The van der Waals surface area contributed by atoms with E-state index in [1.165, 1.54) is 12.1 Å². The van der Waals surface area contributed by atoms with Crippen molar-refractivity contribution in [3.8, 4) is 11.1 Å². The Labute approximate surface area is 170 Å². The first-order chi connectivity index (χ1) is 14.2. The van der Waals surface area contributed by atoms with Crippen LogP contribution in [0.15, 0.2) is 42.6 Å². The van der Waals surface area contributed by atoms with Crippen LogP contribution in [0.5, 0.6) is 0 Å². The third kappa shape index (κ3) is 4.27. The maximum Gasteiger partial charge on any atom is 0.433 e. The molecule has 1 saturated heterocycles. The van der Waals surface area contributed by atoms with Gasteiger partial charge in [-0.05, 0) is 24.1 Å². The smallest absolute Gasteiger partial charge is 0.349 e. The summed E-state index contributed by atoms with van der Waals surface area (Å²) in [5.74, 6) is -1.05. The lowest BCUT2D eigenvalue weighted by atomic mass is 9.93. The fraction of sp³-hybridized carbons (Fsp3) is 0.300. The highest BCUT2D eigenvalue weighted by Crippen LogP contribution is 2.30. The fourth-order valence-electron chi connectivity index (χ4n) is 3.32. The molecule has 1 aliphatic heterocycles. The molecule has 0 bridgehead atoms. The molecule has 30 heavy (non-hydrogen) atoms. The molecule has 1 aliphatic rings. The third-order valence-corrected chi connectivity index (χ3v) is 4.78. The maximum atomic E-state index is 12.8. The predicted molar refractivity (Wildman–Crippen MR) is 101 cm³/mol. The number of carbonyl (C=O) groups excluding carboxylic acids is 3. The first-order valence-electron chi connectivity index (χ1n) is 9.21. The minimum absolute atomic E-state index is 0.128. The summed E-state index contributed by atoms with van der Waals surface area (Å²) < 4.78 is 38.2. The molecule has 4 amide bonds. The molecule has 0 radical (unpaired) electrons. The van der Waals surface area contributed by atoms with Crippen molar-refractivity contribution in [2.75, 3.05) is 6.54 Å². The van der Waals surface area contributed by atoms with E-state index in [9.17, 15) is 27.6 Å². The fourth-order valence-corrected chi connectivity index (χ4v) is 3.32. The summed E-state index contributed by atoms with van der Waals surface area (Å²) in [6, 6.07) is 7.82. The van der Waals surface area contributed by atoms with Crippen molar-refractivity contribution in [1.82, 2.24) is 20.9 Å². The lowest BCUT2D eigenvalue weighted by Gasteiger charge is -2.26. The van der Waals surface area contributed by atoms with Gasteiger partial charge in [0.2, 0.25) is 0 Å². The van der Waals surface area contributed by atoms with Gasteiger partial charge in [-0.25, -0.2) is 4.79 Å². The van der Waals surface area contributed by atoms with Crippen LogP contribution in [0.3, 0.4) is 0 Å². The van der Waals surface area contributed by atoms with E-state index in [2.05, 4.69) is 20.9 Å². The summed E-state index contributed by atoms with van der Waals surface area (Å²) in [5.41, 5.74) is -1.34. The Balaban J connectivity index is 1.82. The number of imide groups is 1. The number of carbonyl (C=O) groups is 3. The molecule has 3 rings (SSSR count). The summed E-state index contributed by atoms with van der Waals surface area (Å²) in [6.45, 7) is 1.71. The van der Waals surface area contributed by atoms with E-state index < -0.39 is 35.3 Å². The van der Waals surface area contributed by atoms with Crippen molar-refractivity contribution < 1.29 is 27.6 Å². The number of urea groups is 1. The highest BCUT2D eigenvalue weighted by atomic mass is 19.4. The van der Waals surface area contributed by atoms with Crippen molar-refractivity contribution in [2.24, 2.45) is 0 Å². The molecule has 3 N–H and O–H groups in total. The third-order valence-electron chi connectivity index (χ3n) is 4.78. The number of pyridine rings is 1. The highest BCUT2D eigenvalue weighted by molar-refractivity contribution is 6.08. The lowest BCUT2D eigenvalue weighted by Crippen LogP contribution is -2.55. The van der Waals surface area contributed by atoms with Crippen LogP contribution in [0.2, 0.25) is 0 Å². The predicted octanol–water partition coefficient (Wildman–Crippen LogP) is 2.88. The lowest BCUT2D eigenvalue weighted by molar-refractivity contribution is -0.141. The number of aromatic nitrogens is 1. The highest BCUT2D eigenvalue weighted by Gasteiger charge is 2.45. The quantitative estimate of drug-likeness (QED) is 0.626. The molecule has 158 valence electrons. The van der Waals surface area contributed by atoms with Gasteiger partial charge in [0.25, 0.3) is 11.8 Å². The number of halogens is 3. The number of rotatable bonds is 6. The average Bonchev–Trinajstić information content (AvgIpc) is 2.99. The molecule has 1 fully saturated rings. The van der Waals surface area contributed by atoms with E-state index in [1.807, 2.05) is 6.92 Å². The number of benzene rings is 1. The first-order valence-corrected chi connectivity index (χ1v) is 9.21. The molecule has 0 spiro atoms. The first kappa shape index (κ1) is 21.3. The topological polar surface area (TPSA) is 100 Å². The zero-order chi connectivity index (χ0) is 21.9. The molecule has 0 saturated carbocycles. The minimum atomic E-state index is -4.56. The van der Waals surface area contributed by atoms with Gasteiger partial charge in [0.1, 0.15) is 11.2 Å². The second-order valence-corrected chi connectivity index (χ2v) is 6.90. The molecule has 0 unspecified atom stereocenters.